The molecule has 3 rings (SSSR count). The molecule has 3 aromatic rings. The van der Waals surface area contributed by atoms with Crippen molar-refractivity contribution in [2.24, 2.45) is 0 Å². The topological polar surface area (TPSA) is 21.3 Å². The van der Waals surface area contributed by atoms with Crippen molar-refractivity contribution in [2.75, 3.05) is 5.32 Å². The van der Waals surface area contributed by atoms with Gasteiger partial charge in [0.05, 0.1) is 0 Å². The molecule has 2 nitrogen and oxygen atoms in total. The third-order valence-corrected chi connectivity index (χ3v) is 3.96. The van der Waals surface area contributed by atoms with Gasteiger partial charge in [-0.05, 0) is 41.3 Å². The van der Waals surface area contributed by atoms with Crippen molar-refractivity contribution in [2.45, 2.75) is 26.3 Å². The third-order valence-electron chi connectivity index (χ3n) is 3.96. The highest BCUT2D eigenvalue weighted by Crippen LogP contribution is 2.26. The molecule has 0 unspecified atom stereocenters. The largest absolute Gasteiger partial charge is 0.457 e. The van der Waals surface area contributed by atoms with Crippen molar-refractivity contribution in [1.82, 2.24) is 0 Å². The maximum absolute atomic E-state index is 5.97. The van der Waals surface area contributed by atoms with E-state index in [9.17, 15) is 0 Å². The first-order valence-electron chi connectivity index (χ1n) is 8.36. The van der Waals surface area contributed by atoms with E-state index in [-0.39, 0.29) is 0 Å². The van der Waals surface area contributed by atoms with Gasteiger partial charge in [0.2, 0.25) is 0 Å². The molecular weight excluding hydrogens is 294 g/mol. The van der Waals surface area contributed by atoms with E-state index in [4.69, 9.17) is 4.74 Å². The van der Waals surface area contributed by atoms with E-state index in [0.29, 0.717) is 5.92 Å². The van der Waals surface area contributed by atoms with Crippen LogP contribution in [0.2, 0.25) is 0 Å². The van der Waals surface area contributed by atoms with E-state index in [0.717, 1.165) is 23.7 Å². The lowest BCUT2D eigenvalue weighted by molar-refractivity contribution is 0.482. The second-order valence-electron chi connectivity index (χ2n) is 6.19. The summed E-state index contributed by atoms with van der Waals surface area (Å²) >= 11 is 0. The Kier molecular flexibility index (Phi) is 5.17. The zero-order valence-electron chi connectivity index (χ0n) is 14.2. The van der Waals surface area contributed by atoms with Crippen LogP contribution in [0.25, 0.3) is 0 Å². The van der Waals surface area contributed by atoms with Crippen LogP contribution in [0.15, 0.2) is 78.9 Å². The summed E-state index contributed by atoms with van der Waals surface area (Å²) in [6.07, 6.45) is 0. The van der Waals surface area contributed by atoms with Crippen LogP contribution in [-0.4, -0.2) is 0 Å². The first kappa shape index (κ1) is 16.1. The predicted molar refractivity (Wildman–Crippen MR) is 101 cm³/mol. The summed E-state index contributed by atoms with van der Waals surface area (Å²) in [6.45, 7) is 5.18. The average Bonchev–Trinajstić information content (AvgIpc) is 2.62. The molecule has 0 spiro atoms. The van der Waals surface area contributed by atoms with E-state index in [1.807, 2.05) is 36.4 Å². The number of nitrogens with one attached hydrogen (secondary N) is 1. The Morgan fingerprint density at radius 3 is 2.25 bits per heavy atom. The molecule has 24 heavy (non-hydrogen) atoms. The number of hydrogen-bond acceptors (Lipinski definition) is 2. The summed E-state index contributed by atoms with van der Waals surface area (Å²) < 4.78 is 5.97. The van der Waals surface area contributed by atoms with Gasteiger partial charge in [-0.2, -0.15) is 0 Å². The molecule has 0 aliphatic rings. The molecule has 122 valence electrons. The van der Waals surface area contributed by atoms with Crippen LogP contribution in [0.4, 0.5) is 5.69 Å². The van der Waals surface area contributed by atoms with Gasteiger partial charge >= 0.3 is 0 Å². The zero-order valence-corrected chi connectivity index (χ0v) is 14.2. The molecule has 0 saturated heterocycles. The maximum atomic E-state index is 5.97. The van der Waals surface area contributed by atoms with Gasteiger partial charge < -0.3 is 10.1 Å². The summed E-state index contributed by atoms with van der Waals surface area (Å²) in [6, 6.07) is 26.7. The van der Waals surface area contributed by atoms with Crippen LogP contribution in [0, 0.1) is 0 Å². The minimum atomic E-state index is 0.532. The Morgan fingerprint density at radius 1 is 0.792 bits per heavy atom. The van der Waals surface area contributed by atoms with Crippen molar-refractivity contribution < 1.29 is 4.74 Å². The number of benzene rings is 3. The normalized spacial score (nSPS) is 10.6. The monoisotopic (exact) mass is 317 g/mol. The molecule has 0 radical (unpaired) electrons. The SMILES string of the molecule is CC(C)c1ccc(Oc2cccc(NCc3ccccc3)c2)cc1. The van der Waals surface area contributed by atoms with E-state index in [2.05, 4.69) is 61.6 Å². The lowest BCUT2D eigenvalue weighted by atomic mass is 10.0. The third kappa shape index (κ3) is 4.39. The minimum Gasteiger partial charge on any atom is -0.457 e. The Labute approximate surface area is 144 Å². The van der Waals surface area contributed by atoms with Gasteiger partial charge in [-0.3, -0.25) is 0 Å². The predicted octanol–water partition coefficient (Wildman–Crippen LogP) is 6.21. The number of anilines is 1. The number of ether oxygens (including phenoxy) is 1. The van der Waals surface area contributed by atoms with E-state index in [1.54, 1.807) is 0 Å². The average molecular weight is 317 g/mol. The summed E-state index contributed by atoms with van der Waals surface area (Å²) in [5.41, 5.74) is 3.63. The van der Waals surface area contributed by atoms with Crippen LogP contribution >= 0.6 is 0 Å². The minimum absolute atomic E-state index is 0.532. The Hall–Kier alpha value is -2.74. The van der Waals surface area contributed by atoms with Gasteiger partial charge in [0.25, 0.3) is 0 Å². The first-order chi connectivity index (χ1) is 11.7. The van der Waals surface area contributed by atoms with Crippen LogP contribution in [0.1, 0.15) is 30.9 Å². The van der Waals surface area contributed by atoms with Crippen LogP contribution in [-0.2, 0) is 6.54 Å². The molecular formula is C22H23NO. The lowest BCUT2D eigenvalue weighted by Gasteiger charge is -2.11. The summed E-state index contributed by atoms with van der Waals surface area (Å²) in [7, 11) is 0. The molecule has 0 heterocycles. The van der Waals surface area contributed by atoms with Crippen molar-refractivity contribution in [3.05, 3.63) is 90.0 Å². The van der Waals surface area contributed by atoms with Crippen LogP contribution in [0.5, 0.6) is 11.5 Å². The Morgan fingerprint density at radius 2 is 1.54 bits per heavy atom. The van der Waals surface area contributed by atoms with Gasteiger partial charge in [-0.15, -0.1) is 0 Å². The highest BCUT2D eigenvalue weighted by molar-refractivity contribution is 5.49. The molecule has 0 aliphatic carbocycles. The molecule has 2 heteroatoms. The quantitative estimate of drug-likeness (QED) is 0.583. The van der Waals surface area contributed by atoms with Crippen LogP contribution in [0.3, 0.4) is 0 Å². The zero-order chi connectivity index (χ0) is 16.8. The van der Waals surface area contributed by atoms with Crippen LogP contribution < -0.4 is 10.1 Å². The lowest BCUT2D eigenvalue weighted by Crippen LogP contribution is -1.99. The Bertz CT molecular complexity index is 763. The summed E-state index contributed by atoms with van der Waals surface area (Å²) in [5.74, 6) is 2.23. The van der Waals surface area contributed by atoms with E-state index in [1.165, 1.54) is 11.1 Å². The molecule has 0 bridgehead atoms. The van der Waals surface area contributed by atoms with Crippen molar-refractivity contribution in [3.8, 4) is 11.5 Å². The molecule has 0 aromatic heterocycles. The standard InChI is InChI=1S/C22H23NO/c1-17(2)19-11-13-21(14-12-19)24-22-10-6-9-20(15-22)23-16-18-7-4-3-5-8-18/h3-15,17,23H,16H2,1-2H3. The molecule has 0 amide bonds. The molecule has 0 fully saturated rings. The summed E-state index contributed by atoms with van der Waals surface area (Å²) in [5, 5.41) is 3.43. The molecule has 0 aliphatic heterocycles. The first-order valence-corrected chi connectivity index (χ1v) is 8.36. The van der Waals surface area contributed by atoms with Gasteiger partial charge in [0.15, 0.2) is 0 Å². The maximum Gasteiger partial charge on any atom is 0.129 e. The smallest absolute Gasteiger partial charge is 0.129 e. The molecule has 1 N–H and O–H groups in total. The second kappa shape index (κ2) is 7.69. The molecule has 0 atom stereocenters. The van der Waals surface area contributed by atoms with Crippen molar-refractivity contribution in [3.63, 3.8) is 0 Å². The van der Waals surface area contributed by atoms with Gasteiger partial charge in [0.1, 0.15) is 11.5 Å². The highest BCUT2D eigenvalue weighted by atomic mass is 16.5. The number of hydrogen-bond donors (Lipinski definition) is 1. The van der Waals surface area contributed by atoms with Gasteiger partial charge in [0, 0.05) is 18.3 Å². The van der Waals surface area contributed by atoms with Gasteiger partial charge in [-0.25, -0.2) is 0 Å². The van der Waals surface area contributed by atoms with Gasteiger partial charge in [-0.1, -0.05) is 62.4 Å². The van der Waals surface area contributed by atoms with Crippen molar-refractivity contribution >= 4 is 5.69 Å². The molecule has 3 aromatic carbocycles. The van der Waals surface area contributed by atoms with Crippen molar-refractivity contribution in [1.29, 1.82) is 0 Å². The Balaban J connectivity index is 1.64. The highest BCUT2D eigenvalue weighted by Gasteiger charge is 2.02. The molecule has 0 saturated carbocycles. The number of rotatable bonds is 6. The summed E-state index contributed by atoms with van der Waals surface area (Å²) in [4.78, 5) is 0. The fourth-order valence-corrected chi connectivity index (χ4v) is 2.53. The fraction of sp³-hybridized carbons (Fsp3) is 0.182. The van der Waals surface area contributed by atoms with E-state index >= 15 is 0 Å². The fourth-order valence-electron chi connectivity index (χ4n) is 2.53. The van der Waals surface area contributed by atoms with E-state index < -0.39 is 0 Å². The second-order valence-corrected chi connectivity index (χ2v) is 6.19.